The van der Waals surface area contributed by atoms with Crippen LogP contribution in [0.2, 0.25) is 0 Å². The van der Waals surface area contributed by atoms with Gasteiger partial charge in [-0.1, -0.05) is 0 Å². The average molecular weight is 273 g/mol. The molecule has 0 bridgehead atoms. The van der Waals surface area contributed by atoms with Crippen molar-refractivity contribution in [1.82, 2.24) is 15.2 Å². The zero-order valence-corrected chi connectivity index (χ0v) is 11.1. The van der Waals surface area contributed by atoms with Crippen LogP contribution in [0.4, 0.5) is 9.18 Å². The van der Waals surface area contributed by atoms with Gasteiger partial charge in [0.25, 0.3) is 0 Å². The normalized spacial score (nSPS) is 18.1. The maximum atomic E-state index is 13.4. The van der Waals surface area contributed by atoms with Gasteiger partial charge in [-0.2, -0.15) is 0 Å². The predicted octanol–water partition coefficient (Wildman–Crippen LogP) is 2.54. The lowest BCUT2D eigenvalue weighted by atomic mass is 10.0. The van der Waals surface area contributed by atoms with Gasteiger partial charge in [-0.05, 0) is 31.0 Å². The highest BCUT2D eigenvalue weighted by Crippen LogP contribution is 2.28. The SMILES string of the molecule is O=C(NC1CC1)N1CCc2[nH]c3ccc(F)cc3c2C1. The van der Waals surface area contributed by atoms with Gasteiger partial charge in [0.1, 0.15) is 5.82 Å². The Labute approximate surface area is 116 Å². The second-order valence-electron chi connectivity index (χ2n) is 5.67. The van der Waals surface area contributed by atoms with E-state index < -0.39 is 0 Å². The standard InChI is InChI=1S/C15H16FN3O/c16-9-1-4-13-11(7-9)12-8-19(6-5-14(12)18-13)15(20)17-10-2-3-10/h1,4,7,10,18H,2-3,5-6,8H2,(H,17,20). The molecule has 20 heavy (non-hydrogen) atoms. The highest BCUT2D eigenvalue weighted by Gasteiger charge is 2.28. The molecule has 4 nitrogen and oxygen atoms in total. The molecule has 0 atom stereocenters. The summed E-state index contributed by atoms with van der Waals surface area (Å²) in [6.45, 7) is 1.26. The lowest BCUT2D eigenvalue weighted by molar-refractivity contribution is 0.192. The number of H-pyrrole nitrogens is 1. The zero-order valence-electron chi connectivity index (χ0n) is 11.1. The average Bonchev–Trinajstić information content (AvgIpc) is 3.18. The van der Waals surface area contributed by atoms with Crippen molar-refractivity contribution < 1.29 is 9.18 Å². The van der Waals surface area contributed by atoms with E-state index in [1.165, 1.54) is 6.07 Å². The van der Waals surface area contributed by atoms with E-state index >= 15 is 0 Å². The van der Waals surface area contributed by atoms with Crippen molar-refractivity contribution in [2.75, 3.05) is 6.54 Å². The van der Waals surface area contributed by atoms with Crippen LogP contribution in [0, 0.1) is 5.82 Å². The Morgan fingerprint density at radius 2 is 2.25 bits per heavy atom. The second-order valence-corrected chi connectivity index (χ2v) is 5.67. The molecule has 0 saturated heterocycles. The molecule has 1 fully saturated rings. The maximum absolute atomic E-state index is 13.4. The molecule has 2 N–H and O–H groups in total. The van der Waals surface area contributed by atoms with Crippen LogP contribution in [0.25, 0.3) is 10.9 Å². The van der Waals surface area contributed by atoms with E-state index in [0.717, 1.165) is 41.4 Å². The fourth-order valence-corrected chi connectivity index (χ4v) is 2.85. The molecule has 2 aromatic rings. The number of hydrogen-bond donors (Lipinski definition) is 2. The number of amides is 2. The molecular weight excluding hydrogens is 257 g/mol. The van der Waals surface area contributed by atoms with E-state index in [4.69, 9.17) is 0 Å². The Balaban J connectivity index is 1.65. The molecule has 1 aliphatic heterocycles. The highest BCUT2D eigenvalue weighted by molar-refractivity contribution is 5.86. The Hall–Kier alpha value is -2.04. The first-order chi connectivity index (χ1) is 9.70. The third-order valence-corrected chi connectivity index (χ3v) is 4.13. The number of aromatic nitrogens is 1. The zero-order chi connectivity index (χ0) is 13.7. The Morgan fingerprint density at radius 3 is 3.05 bits per heavy atom. The minimum Gasteiger partial charge on any atom is -0.358 e. The highest BCUT2D eigenvalue weighted by atomic mass is 19.1. The molecule has 0 unspecified atom stereocenters. The van der Waals surface area contributed by atoms with E-state index in [0.29, 0.717) is 19.1 Å². The lowest BCUT2D eigenvalue weighted by Gasteiger charge is -2.27. The first-order valence-corrected chi connectivity index (χ1v) is 7.05. The maximum Gasteiger partial charge on any atom is 0.317 e. The van der Waals surface area contributed by atoms with Gasteiger partial charge in [0.05, 0.1) is 0 Å². The van der Waals surface area contributed by atoms with Gasteiger partial charge in [0.15, 0.2) is 0 Å². The van der Waals surface area contributed by atoms with E-state index in [1.807, 2.05) is 4.90 Å². The number of hydrogen-bond acceptors (Lipinski definition) is 1. The minimum atomic E-state index is -0.237. The van der Waals surface area contributed by atoms with E-state index in [9.17, 15) is 9.18 Å². The summed E-state index contributed by atoms with van der Waals surface area (Å²) in [5.74, 6) is -0.237. The van der Waals surface area contributed by atoms with Crippen LogP contribution in [0.15, 0.2) is 18.2 Å². The monoisotopic (exact) mass is 273 g/mol. The van der Waals surface area contributed by atoms with Crippen molar-refractivity contribution >= 4 is 16.9 Å². The smallest absolute Gasteiger partial charge is 0.317 e. The Bertz CT molecular complexity index is 690. The van der Waals surface area contributed by atoms with E-state index in [1.54, 1.807) is 12.1 Å². The molecule has 5 heteroatoms. The van der Waals surface area contributed by atoms with Gasteiger partial charge in [-0.15, -0.1) is 0 Å². The number of benzene rings is 1. The van der Waals surface area contributed by atoms with E-state index in [2.05, 4.69) is 10.3 Å². The van der Waals surface area contributed by atoms with Crippen molar-refractivity contribution in [3.05, 3.63) is 35.3 Å². The van der Waals surface area contributed by atoms with Crippen LogP contribution in [0.5, 0.6) is 0 Å². The quantitative estimate of drug-likeness (QED) is 0.824. The number of nitrogens with one attached hydrogen (secondary N) is 2. The third kappa shape index (κ3) is 1.94. The van der Waals surface area contributed by atoms with Gasteiger partial charge in [0, 0.05) is 47.7 Å². The summed E-state index contributed by atoms with van der Waals surface area (Å²) in [4.78, 5) is 17.3. The fourth-order valence-electron chi connectivity index (χ4n) is 2.85. The molecule has 2 amide bonds. The molecule has 0 spiro atoms. The molecule has 2 aliphatic rings. The van der Waals surface area contributed by atoms with Crippen LogP contribution >= 0.6 is 0 Å². The van der Waals surface area contributed by atoms with E-state index in [-0.39, 0.29) is 11.8 Å². The van der Waals surface area contributed by atoms with Gasteiger partial charge in [-0.25, -0.2) is 9.18 Å². The summed E-state index contributed by atoms with van der Waals surface area (Å²) < 4.78 is 13.4. The number of nitrogens with zero attached hydrogens (tertiary/aromatic N) is 1. The van der Waals surface area contributed by atoms with Crippen molar-refractivity contribution in [1.29, 1.82) is 0 Å². The lowest BCUT2D eigenvalue weighted by Crippen LogP contribution is -2.43. The van der Waals surface area contributed by atoms with Gasteiger partial charge >= 0.3 is 6.03 Å². The van der Waals surface area contributed by atoms with Crippen molar-refractivity contribution in [3.8, 4) is 0 Å². The Morgan fingerprint density at radius 1 is 1.40 bits per heavy atom. The van der Waals surface area contributed by atoms with Crippen LogP contribution in [-0.2, 0) is 13.0 Å². The van der Waals surface area contributed by atoms with Crippen LogP contribution in [-0.4, -0.2) is 28.5 Å². The van der Waals surface area contributed by atoms with Crippen molar-refractivity contribution in [2.45, 2.75) is 31.8 Å². The number of carbonyl (C=O) groups is 1. The third-order valence-electron chi connectivity index (χ3n) is 4.13. The largest absolute Gasteiger partial charge is 0.358 e. The molecule has 104 valence electrons. The first kappa shape index (κ1) is 11.8. The number of urea groups is 1. The number of aromatic amines is 1. The number of halogens is 1. The molecule has 1 saturated carbocycles. The van der Waals surface area contributed by atoms with Crippen molar-refractivity contribution in [2.24, 2.45) is 0 Å². The number of fused-ring (bicyclic) bond motifs is 3. The van der Waals surface area contributed by atoms with Gasteiger partial charge in [0.2, 0.25) is 0 Å². The summed E-state index contributed by atoms with van der Waals surface area (Å²) in [6, 6.07) is 5.14. The summed E-state index contributed by atoms with van der Waals surface area (Å²) in [5, 5.41) is 3.90. The van der Waals surface area contributed by atoms with Crippen LogP contribution < -0.4 is 5.32 Å². The number of rotatable bonds is 1. The fraction of sp³-hybridized carbons (Fsp3) is 0.400. The second kappa shape index (κ2) is 4.23. The molecule has 1 aliphatic carbocycles. The summed E-state index contributed by atoms with van der Waals surface area (Å²) in [5.41, 5.74) is 3.12. The minimum absolute atomic E-state index is 0.00361. The molecule has 4 rings (SSSR count). The molecular formula is C15H16FN3O. The predicted molar refractivity (Wildman–Crippen MR) is 73.9 cm³/mol. The number of carbonyl (C=O) groups excluding carboxylic acids is 1. The van der Waals surface area contributed by atoms with Crippen LogP contribution in [0.3, 0.4) is 0 Å². The molecule has 1 aromatic carbocycles. The molecule has 0 radical (unpaired) electrons. The van der Waals surface area contributed by atoms with Gasteiger partial charge < -0.3 is 15.2 Å². The summed E-state index contributed by atoms with van der Waals surface area (Å²) in [7, 11) is 0. The summed E-state index contributed by atoms with van der Waals surface area (Å²) in [6.07, 6.45) is 2.97. The Kier molecular flexibility index (Phi) is 2.49. The summed E-state index contributed by atoms with van der Waals surface area (Å²) >= 11 is 0. The topological polar surface area (TPSA) is 48.1 Å². The molecule has 2 heterocycles. The van der Waals surface area contributed by atoms with Gasteiger partial charge in [-0.3, -0.25) is 0 Å². The van der Waals surface area contributed by atoms with Crippen LogP contribution in [0.1, 0.15) is 24.1 Å². The first-order valence-electron chi connectivity index (χ1n) is 7.05. The molecule has 1 aromatic heterocycles. The van der Waals surface area contributed by atoms with Crippen molar-refractivity contribution in [3.63, 3.8) is 0 Å².